The molecule has 3 aromatic carbocycles. The van der Waals surface area contributed by atoms with Gasteiger partial charge in [-0.1, -0.05) is 72.3 Å². The second kappa shape index (κ2) is 12.4. The summed E-state index contributed by atoms with van der Waals surface area (Å²) in [6.45, 7) is 3.16. The monoisotopic (exact) mass is 579 g/mol. The average molecular weight is 580 g/mol. The van der Waals surface area contributed by atoms with Crippen molar-refractivity contribution in [2.75, 3.05) is 33.2 Å². The summed E-state index contributed by atoms with van der Waals surface area (Å²) >= 11 is 6.12. The number of sulfonamides is 1. The van der Waals surface area contributed by atoms with Crippen molar-refractivity contribution < 1.29 is 13.2 Å². The topological polar surface area (TPSA) is 69.7 Å². The van der Waals surface area contributed by atoms with Gasteiger partial charge in [0.05, 0.1) is 11.3 Å². The van der Waals surface area contributed by atoms with Crippen LogP contribution in [0.4, 0.5) is 0 Å². The number of benzene rings is 3. The molecule has 1 unspecified atom stereocenters. The summed E-state index contributed by atoms with van der Waals surface area (Å²) in [4.78, 5) is 15.2. The number of amides is 1. The van der Waals surface area contributed by atoms with Gasteiger partial charge in [-0.2, -0.15) is 0 Å². The number of piperidine rings is 1. The molecule has 0 radical (unpaired) electrons. The van der Waals surface area contributed by atoms with Crippen LogP contribution < -0.4 is 5.32 Å². The molecule has 0 spiro atoms. The van der Waals surface area contributed by atoms with Gasteiger partial charge in [0.2, 0.25) is 15.9 Å². The van der Waals surface area contributed by atoms with Gasteiger partial charge in [-0.05, 0) is 73.5 Å². The lowest BCUT2D eigenvalue weighted by atomic mass is 9.78. The maximum atomic E-state index is 13.5. The van der Waals surface area contributed by atoms with Crippen molar-refractivity contribution in [1.29, 1.82) is 0 Å². The number of carbonyl (C=O) groups excluding carboxylic acids is 1. The number of fused-ring (bicyclic) bond motifs is 1. The molecule has 2 aliphatic rings. The van der Waals surface area contributed by atoms with Crippen LogP contribution in [-0.2, 0) is 33.1 Å². The molecule has 1 aliphatic heterocycles. The van der Waals surface area contributed by atoms with Crippen molar-refractivity contribution in [3.8, 4) is 0 Å². The second-order valence-electron chi connectivity index (χ2n) is 11.3. The van der Waals surface area contributed by atoms with Gasteiger partial charge in [0.1, 0.15) is 0 Å². The number of rotatable bonds is 10. The SMILES string of the molecule is CN(CC1(CCN2CCC(NC(=O)Cc3ccccc3)CC2)CCc2ccccc21)S(=O)(=O)c1cccc(Cl)c1. The number of carbonyl (C=O) groups is 1. The zero-order valence-corrected chi connectivity index (χ0v) is 24.6. The van der Waals surface area contributed by atoms with E-state index in [0.29, 0.717) is 18.0 Å². The smallest absolute Gasteiger partial charge is 0.242 e. The highest BCUT2D eigenvalue weighted by Crippen LogP contribution is 2.43. The van der Waals surface area contributed by atoms with Crippen molar-refractivity contribution in [2.24, 2.45) is 0 Å². The van der Waals surface area contributed by atoms with E-state index < -0.39 is 10.0 Å². The van der Waals surface area contributed by atoms with Gasteiger partial charge in [0.15, 0.2) is 0 Å². The summed E-state index contributed by atoms with van der Waals surface area (Å²) in [6.07, 6.45) is 5.02. The first-order chi connectivity index (χ1) is 19.2. The van der Waals surface area contributed by atoms with E-state index in [1.54, 1.807) is 25.2 Å². The molecule has 212 valence electrons. The highest BCUT2D eigenvalue weighted by atomic mass is 35.5. The molecule has 1 atom stereocenters. The van der Waals surface area contributed by atoms with Crippen LogP contribution in [0.2, 0.25) is 5.02 Å². The third-order valence-electron chi connectivity index (χ3n) is 8.56. The van der Waals surface area contributed by atoms with E-state index in [1.165, 1.54) is 21.5 Å². The molecule has 0 saturated carbocycles. The zero-order valence-electron chi connectivity index (χ0n) is 23.1. The van der Waals surface area contributed by atoms with E-state index >= 15 is 0 Å². The maximum Gasteiger partial charge on any atom is 0.242 e. The number of hydrogen-bond acceptors (Lipinski definition) is 4. The Morgan fingerprint density at radius 1 is 1.02 bits per heavy atom. The summed E-state index contributed by atoms with van der Waals surface area (Å²) < 4.78 is 28.5. The molecule has 1 saturated heterocycles. The van der Waals surface area contributed by atoms with Crippen LogP contribution in [0.25, 0.3) is 0 Å². The normalized spacial score (nSPS) is 20.0. The third kappa shape index (κ3) is 6.60. The molecule has 1 amide bonds. The summed E-state index contributed by atoms with van der Waals surface area (Å²) in [5, 5.41) is 3.63. The number of nitrogens with one attached hydrogen (secondary N) is 1. The van der Waals surface area contributed by atoms with E-state index in [2.05, 4.69) is 34.5 Å². The van der Waals surface area contributed by atoms with Crippen molar-refractivity contribution in [3.05, 3.63) is 101 Å². The molecular weight excluding hydrogens is 542 g/mol. The summed E-state index contributed by atoms with van der Waals surface area (Å²) in [6, 6.07) is 25.0. The first kappa shape index (κ1) is 28.8. The summed E-state index contributed by atoms with van der Waals surface area (Å²) in [7, 11) is -2.00. The third-order valence-corrected chi connectivity index (χ3v) is 10.6. The van der Waals surface area contributed by atoms with Crippen molar-refractivity contribution in [1.82, 2.24) is 14.5 Å². The predicted molar refractivity (Wildman–Crippen MR) is 160 cm³/mol. The van der Waals surface area contributed by atoms with Crippen LogP contribution in [-0.4, -0.2) is 62.8 Å². The molecule has 5 rings (SSSR count). The lowest BCUT2D eigenvalue weighted by Crippen LogP contribution is -2.47. The van der Waals surface area contributed by atoms with Crippen LogP contribution in [0.3, 0.4) is 0 Å². The molecule has 0 bridgehead atoms. The van der Waals surface area contributed by atoms with Crippen molar-refractivity contribution in [3.63, 3.8) is 0 Å². The molecule has 1 fully saturated rings. The molecule has 1 heterocycles. The minimum absolute atomic E-state index is 0.0788. The van der Waals surface area contributed by atoms with E-state index in [9.17, 15) is 13.2 Å². The van der Waals surface area contributed by atoms with Gasteiger partial charge >= 0.3 is 0 Å². The predicted octanol–water partition coefficient (Wildman–Crippen LogP) is 5.06. The highest BCUT2D eigenvalue weighted by Gasteiger charge is 2.41. The van der Waals surface area contributed by atoms with Crippen LogP contribution >= 0.6 is 11.6 Å². The molecule has 8 heteroatoms. The number of likely N-dealkylation sites (tertiary alicyclic amines) is 1. The van der Waals surface area contributed by atoms with Crippen molar-refractivity contribution >= 4 is 27.5 Å². The van der Waals surface area contributed by atoms with Gasteiger partial charge in [-0.3, -0.25) is 4.79 Å². The first-order valence-electron chi connectivity index (χ1n) is 14.1. The minimum Gasteiger partial charge on any atom is -0.353 e. The van der Waals surface area contributed by atoms with Gasteiger partial charge in [0.25, 0.3) is 0 Å². The Morgan fingerprint density at radius 2 is 1.75 bits per heavy atom. The Morgan fingerprint density at radius 3 is 2.50 bits per heavy atom. The molecule has 3 aromatic rings. The highest BCUT2D eigenvalue weighted by molar-refractivity contribution is 7.89. The fourth-order valence-electron chi connectivity index (χ4n) is 6.32. The number of aryl methyl sites for hydroxylation is 1. The first-order valence-corrected chi connectivity index (χ1v) is 15.9. The quantitative estimate of drug-likeness (QED) is 0.365. The van der Waals surface area contributed by atoms with E-state index in [-0.39, 0.29) is 22.3 Å². The van der Waals surface area contributed by atoms with E-state index in [1.807, 2.05) is 30.3 Å². The lowest BCUT2D eigenvalue weighted by molar-refractivity contribution is -0.121. The fraction of sp³-hybridized carbons (Fsp3) is 0.406. The molecule has 1 aliphatic carbocycles. The standard InChI is InChI=1S/C32H38ClN3O3S/c1-35(40(38,39)29-12-7-11-27(33)23-29)24-32(17-14-26-10-5-6-13-30(26)32)18-21-36-19-15-28(16-20-36)34-31(37)22-25-8-3-2-4-9-25/h2-13,23,28H,14-22,24H2,1H3,(H,34,37). The Hall–Kier alpha value is -2.71. The summed E-state index contributed by atoms with van der Waals surface area (Å²) in [5.41, 5.74) is 3.36. The van der Waals surface area contributed by atoms with E-state index in [0.717, 1.165) is 57.3 Å². The number of halogens is 1. The zero-order chi connectivity index (χ0) is 28.2. The fourth-order valence-corrected chi connectivity index (χ4v) is 7.88. The summed E-state index contributed by atoms with van der Waals surface area (Å²) in [5.74, 6) is 0.0788. The largest absolute Gasteiger partial charge is 0.353 e. The van der Waals surface area contributed by atoms with Gasteiger partial charge in [-0.25, -0.2) is 12.7 Å². The number of nitrogens with zero attached hydrogens (tertiary/aromatic N) is 2. The van der Waals surface area contributed by atoms with Crippen LogP contribution in [0.15, 0.2) is 83.8 Å². The molecule has 1 N–H and O–H groups in total. The van der Waals surface area contributed by atoms with E-state index in [4.69, 9.17) is 11.6 Å². The number of likely N-dealkylation sites (N-methyl/N-ethyl adjacent to an activating group) is 1. The molecule has 40 heavy (non-hydrogen) atoms. The molecule has 0 aromatic heterocycles. The Bertz CT molecular complexity index is 1420. The van der Waals surface area contributed by atoms with Gasteiger partial charge in [0, 0.05) is 43.2 Å². The van der Waals surface area contributed by atoms with Gasteiger partial charge in [-0.15, -0.1) is 0 Å². The second-order valence-corrected chi connectivity index (χ2v) is 13.7. The Balaban J connectivity index is 1.22. The Labute approximate surface area is 243 Å². The number of hydrogen-bond donors (Lipinski definition) is 1. The maximum absolute atomic E-state index is 13.5. The van der Waals surface area contributed by atoms with Crippen molar-refractivity contribution in [2.45, 2.75) is 54.9 Å². The van der Waals surface area contributed by atoms with Crippen LogP contribution in [0.1, 0.15) is 42.4 Å². The van der Waals surface area contributed by atoms with Crippen LogP contribution in [0.5, 0.6) is 0 Å². The molecule has 6 nitrogen and oxygen atoms in total. The van der Waals surface area contributed by atoms with Gasteiger partial charge < -0.3 is 10.2 Å². The molecular formula is C32H38ClN3O3S. The minimum atomic E-state index is -3.68. The Kier molecular flexibility index (Phi) is 8.95. The average Bonchev–Trinajstić information content (AvgIpc) is 3.31. The van der Waals surface area contributed by atoms with Crippen LogP contribution in [0, 0.1) is 0 Å². The lowest BCUT2D eigenvalue weighted by Gasteiger charge is -2.38.